The maximum absolute atomic E-state index is 13.4. The summed E-state index contributed by atoms with van der Waals surface area (Å²) in [5.74, 6) is 1.00. The van der Waals surface area contributed by atoms with Crippen molar-refractivity contribution >= 4 is 17.5 Å². The van der Waals surface area contributed by atoms with Crippen molar-refractivity contribution in [3.8, 4) is 0 Å². The molecular formula is C22H24N6O2. The summed E-state index contributed by atoms with van der Waals surface area (Å²) in [6.07, 6.45) is 4.54. The summed E-state index contributed by atoms with van der Waals surface area (Å²) >= 11 is 0. The van der Waals surface area contributed by atoms with E-state index in [0.717, 1.165) is 22.5 Å². The summed E-state index contributed by atoms with van der Waals surface area (Å²) in [4.78, 5) is 22.0. The maximum atomic E-state index is 13.4. The zero-order chi connectivity index (χ0) is 21.1. The summed E-state index contributed by atoms with van der Waals surface area (Å²) in [5, 5.41) is 20.0. The maximum Gasteiger partial charge on any atom is 0.255 e. The van der Waals surface area contributed by atoms with E-state index < -0.39 is 6.04 Å². The highest BCUT2D eigenvalue weighted by Crippen LogP contribution is 2.35. The van der Waals surface area contributed by atoms with Crippen molar-refractivity contribution < 1.29 is 9.90 Å². The minimum Gasteiger partial charge on any atom is -0.396 e. The minimum absolute atomic E-state index is 0.0758. The van der Waals surface area contributed by atoms with Crippen LogP contribution in [0.1, 0.15) is 36.3 Å². The highest BCUT2D eigenvalue weighted by atomic mass is 16.3. The van der Waals surface area contributed by atoms with Crippen molar-refractivity contribution in [1.29, 1.82) is 0 Å². The van der Waals surface area contributed by atoms with E-state index in [-0.39, 0.29) is 12.5 Å². The van der Waals surface area contributed by atoms with E-state index in [9.17, 15) is 4.79 Å². The number of hydrogen-bond acceptors (Lipinski definition) is 6. The monoisotopic (exact) mass is 404 g/mol. The molecule has 0 saturated heterocycles. The molecule has 8 heteroatoms. The number of allylic oxidation sites excluding steroid dienone is 1. The molecule has 3 aromatic rings. The van der Waals surface area contributed by atoms with E-state index in [1.165, 1.54) is 0 Å². The zero-order valence-electron chi connectivity index (χ0n) is 17.0. The van der Waals surface area contributed by atoms with Gasteiger partial charge in [0.2, 0.25) is 5.95 Å². The number of nitrogens with zero attached hydrogens (tertiary/aromatic N) is 4. The van der Waals surface area contributed by atoms with Gasteiger partial charge in [0.05, 0.1) is 5.57 Å². The Bertz CT molecular complexity index is 1090. The van der Waals surface area contributed by atoms with Crippen LogP contribution >= 0.6 is 0 Å². The SMILES string of the molecule is CC1=C(C(=O)Nc2ccccc2C)[C@H](c2ccncc2)n2nc(CCCO)nc2N1. The molecule has 0 spiro atoms. The number of nitrogens with one attached hydrogen (secondary N) is 2. The number of aromatic nitrogens is 4. The van der Waals surface area contributed by atoms with Crippen LogP contribution in [0.4, 0.5) is 11.6 Å². The molecule has 1 aromatic carbocycles. The van der Waals surface area contributed by atoms with Gasteiger partial charge in [0, 0.05) is 36.8 Å². The minimum atomic E-state index is -0.441. The van der Waals surface area contributed by atoms with Crippen LogP contribution in [0.15, 0.2) is 60.1 Å². The molecule has 154 valence electrons. The number of anilines is 2. The average Bonchev–Trinajstić information content (AvgIpc) is 3.15. The number of fused-ring (bicyclic) bond motifs is 1. The molecule has 1 amide bonds. The Kier molecular flexibility index (Phi) is 5.58. The van der Waals surface area contributed by atoms with Crippen LogP contribution < -0.4 is 10.6 Å². The van der Waals surface area contributed by atoms with Crippen LogP contribution in [0.25, 0.3) is 0 Å². The Morgan fingerprint density at radius 1 is 1.20 bits per heavy atom. The molecule has 0 saturated carbocycles. The second-order valence-electron chi connectivity index (χ2n) is 7.24. The molecule has 3 heterocycles. The lowest BCUT2D eigenvalue weighted by atomic mass is 9.95. The average molecular weight is 404 g/mol. The van der Waals surface area contributed by atoms with Crippen LogP contribution in [-0.4, -0.2) is 37.4 Å². The number of aryl methyl sites for hydroxylation is 2. The molecule has 0 unspecified atom stereocenters. The van der Waals surface area contributed by atoms with Crippen molar-refractivity contribution in [2.45, 2.75) is 32.7 Å². The number of para-hydroxylation sites is 1. The van der Waals surface area contributed by atoms with Crippen LogP contribution in [0.2, 0.25) is 0 Å². The predicted octanol–water partition coefficient (Wildman–Crippen LogP) is 2.83. The van der Waals surface area contributed by atoms with Gasteiger partial charge in [-0.3, -0.25) is 9.78 Å². The molecule has 30 heavy (non-hydrogen) atoms. The molecule has 0 fully saturated rings. The fraction of sp³-hybridized carbons (Fsp3) is 0.273. The highest BCUT2D eigenvalue weighted by molar-refractivity contribution is 6.06. The number of carbonyl (C=O) groups excluding carboxylic acids is 1. The third-order valence-corrected chi connectivity index (χ3v) is 5.11. The lowest BCUT2D eigenvalue weighted by Crippen LogP contribution is -2.31. The largest absolute Gasteiger partial charge is 0.396 e. The van der Waals surface area contributed by atoms with E-state index in [1.54, 1.807) is 17.1 Å². The topological polar surface area (TPSA) is 105 Å². The van der Waals surface area contributed by atoms with E-state index in [1.807, 2.05) is 50.2 Å². The van der Waals surface area contributed by atoms with Gasteiger partial charge < -0.3 is 15.7 Å². The molecule has 2 aromatic heterocycles. The van der Waals surface area contributed by atoms with Gasteiger partial charge in [0.15, 0.2) is 5.82 Å². The van der Waals surface area contributed by atoms with E-state index in [0.29, 0.717) is 30.2 Å². The summed E-state index contributed by atoms with van der Waals surface area (Å²) in [5.41, 5.74) is 3.93. The normalized spacial score (nSPS) is 15.5. The first kappa shape index (κ1) is 19.8. The predicted molar refractivity (Wildman–Crippen MR) is 114 cm³/mol. The fourth-order valence-electron chi connectivity index (χ4n) is 3.59. The molecule has 1 atom stereocenters. The second-order valence-corrected chi connectivity index (χ2v) is 7.24. The Morgan fingerprint density at radius 3 is 2.70 bits per heavy atom. The van der Waals surface area contributed by atoms with Gasteiger partial charge in [-0.2, -0.15) is 10.1 Å². The van der Waals surface area contributed by atoms with E-state index in [4.69, 9.17) is 5.11 Å². The smallest absolute Gasteiger partial charge is 0.255 e. The number of amides is 1. The van der Waals surface area contributed by atoms with Gasteiger partial charge in [0.25, 0.3) is 5.91 Å². The molecule has 0 bridgehead atoms. The van der Waals surface area contributed by atoms with Gasteiger partial charge in [-0.05, 0) is 49.6 Å². The fourth-order valence-corrected chi connectivity index (χ4v) is 3.59. The van der Waals surface area contributed by atoms with Gasteiger partial charge in [-0.1, -0.05) is 18.2 Å². The van der Waals surface area contributed by atoms with E-state index in [2.05, 4.69) is 25.7 Å². The summed E-state index contributed by atoms with van der Waals surface area (Å²) < 4.78 is 1.74. The number of carbonyl (C=O) groups is 1. The highest BCUT2D eigenvalue weighted by Gasteiger charge is 2.34. The Balaban J connectivity index is 1.75. The van der Waals surface area contributed by atoms with Crippen LogP contribution in [-0.2, 0) is 11.2 Å². The molecule has 1 aliphatic rings. The van der Waals surface area contributed by atoms with Gasteiger partial charge in [-0.25, -0.2) is 4.68 Å². The Hall–Kier alpha value is -3.52. The molecule has 1 aliphatic heterocycles. The van der Waals surface area contributed by atoms with Crippen LogP contribution in [0, 0.1) is 6.92 Å². The second kappa shape index (κ2) is 8.46. The van der Waals surface area contributed by atoms with Crippen molar-refractivity contribution in [2.75, 3.05) is 17.2 Å². The van der Waals surface area contributed by atoms with Gasteiger partial charge in [0.1, 0.15) is 6.04 Å². The number of hydrogen-bond donors (Lipinski definition) is 3. The first-order valence-corrected chi connectivity index (χ1v) is 9.89. The van der Waals surface area contributed by atoms with Gasteiger partial charge >= 0.3 is 0 Å². The van der Waals surface area contributed by atoms with Crippen LogP contribution in [0.3, 0.4) is 0 Å². The summed E-state index contributed by atoms with van der Waals surface area (Å²) in [7, 11) is 0. The quantitative estimate of drug-likeness (QED) is 0.584. The van der Waals surface area contributed by atoms with Gasteiger partial charge in [-0.15, -0.1) is 0 Å². The molecule has 8 nitrogen and oxygen atoms in total. The van der Waals surface area contributed by atoms with Crippen molar-refractivity contribution in [3.63, 3.8) is 0 Å². The summed E-state index contributed by atoms with van der Waals surface area (Å²) in [6, 6.07) is 11.0. The van der Waals surface area contributed by atoms with Crippen molar-refractivity contribution in [1.82, 2.24) is 19.7 Å². The van der Waals surface area contributed by atoms with Crippen molar-refractivity contribution in [2.24, 2.45) is 0 Å². The summed E-state index contributed by atoms with van der Waals surface area (Å²) in [6.45, 7) is 3.90. The molecular weight excluding hydrogens is 380 g/mol. The third kappa shape index (κ3) is 3.81. The molecule has 4 rings (SSSR count). The molecule has 3 N–H and O–H groups in total. The van der Waals surface area contributed by atoms with E-state index >= 15 is 0 Å². The van der Waals surface area contributed by atoms with Crippen molar-refractivity contribution in [3.05, 3.63) is 77.0 Å². The number of rotatable bonds is 6. The number of pyridine rings is 1. The molecule has 0 radical (unpaired) electrons. The lowest BCUT2D eigenvalue weighted by Gasteiger charge is -2.28. The first-order chi connectivity index (χ1) is 14.6. The third-order valence-electron chi connectivity index (χ3n) is 5.11. The number of aliphatic hydroxyl groups excluding tert-OH is 1. The Morgan fingerprint density at radius 2 is 1.97 bits per heavy atom. The lowest BCUT2D eigenvalue weighted by molar-refractivity contribution is -0.113. The standard InChI is InChI=1S/C22H24N6O2/c1-14-6-3-4-7-17(14)25-21(30)19-15(2)24-22-26-18(8-5-13-29)27-28(22)20(19)16-9-11-23-12-10-16/h3-4,6-7,9-12,20,29H,5,8,13H2,1-2H3,(H,25,30)(H,24,26,27)/t20-/m0/s1. The first-order valence-electron chi connectivity index (χ1n) is 9.89. The zero-order valence-corrected chi connectivity index (χ0v) is 17.0. The molecule has 0 aliphatic carbocycles. The number of benzene rings is 1. The Labute approximate surface area is 174 Å². The number of aliphatic hydroxyl groups is 1. The van der Waals surface area contributed by atoms with Crippen LogP contribution in [0.5, 0.6) is 0 Å².